The second-order valence-corrected chi connectivity index (χ2v) is 7.64. The fraction of sp³-hybridized carbons (Fsp3) is 0.312. The molecular formula is C16H17N3O5S. The Kier molecular flexibility index (Phi) is 4.58. The van der Waals surface area contributed by atoms with Gasteiger partial charge in [-0.25, -0.2) is 12.7 Å². The smallest absolute Gasteiger partial charge is 0.251 e. The van der Waals surface area contributed by atoms with Crippen molar-refractivity contribution < 1.29 is 22.5 Å². The molecule has 2 amide bonds. The number of rotatable bonds is 5. The van der Waals surface area contributed by atoms with Crippen molar-refractivity contribution in [2.24, 2.45) is 0 Å². The van der Waals surface area contributed by atoms with Crippen molar-refractivity contribution >= 4 is 27.5 Å². The Balaban J connectivity index is 1.62. The third-order valence-corrected chi connectivity index (χ3v) is 5.48. The minimum atomic E-state index is -3.60. The molecule has 0 radical (unpaired) electrons. The summed E-state index contributed by atoms with van der Waals surface area (Å²) in [6.45, 7) is 2.19. The van der Waals surface area contributed by atoms with Crippen molar-refractivity contribution in [3.63, 3.8) is 0 Å². The van der Waals surface area contributed by atoms with Gasteiger partial charge in [-0.2, -0.15) is 0 Å². The quantitative estimate of drug-likeness (QED) is 0.849. The van der Waals surface area contributed by atoms with Crippen LogP contribution >= 0.6 is 0 Å². The molecule has 2 heterocycles. The first kappa shape index (κ1) is 17.2. The molecular weight excluding hydrogens is 346 g/mol. The van der Waals surface area contributed by atoms with Crippen molar-refractivity contribution in [1.82, 2.24) is 10.5 Å². The van der Waals surface area contributed by atoms with Crippen LogP contribution in [0.4, 0.5) is 5.69 Å². The van der Waals surface area contributed by atoms with Gasteiger partial charge in [0.2, 0.25) is 15.9 Å². The minimum Gasteiger partial charge on any atom is -0.361 e. The number of hydrogen-bond acceptors (Lipinski definition) is 6. The number of aromatic nitrogens is 1. The van der Waals surface area contributed by atoms with Gasteiger partial charge in [-0.3, -0.25) is 9.59 Å². The van der Waals surface area contributed by atoms with E-state index in [4.69, 9.17) is 4.52 Å². The molecule has 3 rings (SSSR count). The fourth-order valence-electron chi connectivity index (χ4n) is 2.56. The SMILES string of the molecule is Cc1cc(CCNC(=O)c2ccc(N3C(=O)CCS3(=O)=O)cc2)no1. The zero-order chi connectivity index (χ0) is 18.0. The van der Waals surface area contributed by atoms with Crippen LogP contribution in [0.15, 0.2) is 34.9 Å². The van der Waals surface area contributed by atoms with Crippen molar-refractivity contribution in [1.29, 1.82) is 0 Å². The van der Waals surface area contributed by atoms with E-state index in [0.29, 0.717) is 24.3 Å². The number of carbonyl (C=O) groups excluding carboxylic acids is 2. The predicted molar refractivity (Wildman–Crippen MR) is 89.6 cm³/mol. The molecule has 25 heavy (non-hydrogen) atoms. The third-order valence-electron chi connectivity index (χ3n) is 3.79. The lowest BCUT2D eigenvalue weighted by Gasteiger charge is -2.15. The van der Waals surface area contributed by atoms with Crippen molar-refractivity contribution in [3.8, 4) is 0 Å². The first-order chi connectivity index (χ1) is 11.9. The molecule has 0 spiro atoms. The second-order valence-electron chi connectivity index (χ2n) is 5.71. The number of hydrogen-bond donors (Lipinski definition) is 1. The van der Waals surface area contributed by atoms with Crippen LogP contribution in [0, 0.1) is 6.92 Å². The topological polar surface area (TPSA) is 110 Å². The molecule has 1 saturated heterocycles. The maximum absolute atomic E-state index is 12.1. The molecule has 1 aromatic carbocycles. The van der Waals surface area contributed by atoms with E-state index >= 15 is 0 Å². The standard InChI is InChI=1S/C16H17N3O5S/c1-11-10-13(18-24-11)6-8-17-16(21)12-2-4-14(5-3-12)19-15(20)7-9-25(19,22)23/h2-5,10H,6-9H2,1H3,(H,17,21). The van der Waals surface area contributed by atoms with Crippen LogP contribution in [0.25, 0.3) is 0 Å². The van der Waals surface area contributed by atoms with Gasteiger partial charge >= 0.3 is 0 Å². The first-order valence-electron chi connectivity index (χ1n) is 7.73. The van der Waals surface area contributed by atoms with E-state index in [1.165, 1.54) is 24.3 Å². The number of carbonyl (C=O) groups is 2. The van der Waals surface area contributed by atoms with Crippen molar-refractivity contribution in [2.45, 2.75) is 19.8 Å². The monoisotopic (exact) mass is 363 g/mol. The average molecular weight is 363 g/mol. The summed E-state index contributed by atoms with van der Waals surface area (Å²) in [4.78, 5) is 23.9. The van der Waals surface area contributed by atoms with E-state index < -0.39 is 15.9 Å². The minimum absolute atomic E-state index is 0.0217. The Morgan fingerprint density at radius 3 is 2.60 bits per heavy atom. The van der Waals surface area contributed by atoms with Gasteiger partial charge in [0.15, 0.2) is 0 Å². The third kappa shape index (κ3) is 3.71. The fourth-order valence-corrected chi connectivity index (χ4v) is 4.02. The Labute approximate surface area is 144 Å². The zero-order valence-corrected chi connectivity index (χ0v) is 14.4. The summed E-state index contributed by atoms with van der Waals surface area (Å²) >= 11 is 0. The van der Waals surface area contributed by atoms with E-state index in [0.717, 1.165) is 10.00 Å². The molecule has 0 bridgehead atoms. The van der Waals surface area contributed by atoms with E-state index in [1.807, 2.05) is 0 Å². The molecule has 2 aromatic rings. The summed E-state index contributed by atoms with van der Waals surface area (Å²) in [6, 6.07) is 7.69. The van der Waals surface area contributed by atoms with Gasteiger partial charge in [0.1, 0.15) is 5.76 Å². The van der Waals surface area contributed by atoms with Crippen LogP contribution < -0.4 is 9.62 Å². The Hall–Kier alpha value is -2.68. The highest BCUT2D eigenvalue weighted by molar-refractivity contribution is 7.94. The molecule has 0 saturated carbocycles. The van der Waals surface area contributed by atoms with Gasteiger partial charge in [0.25, 0.3) is 5.91 Å². The van der Waals surface area contributed by atoms with Crippen LogP contribution in [0.3, 0.4) is 0 Å². The molecule has 0 atom stereocenters. The summed E-state index contributed by atoms with van der Waals surface area (Å²) in [5.41, 5.74) is 1.38. The number of benzene rings is 1. The highest BCUT2D eigenvalue weighted by Gasteiger charge is 2.36. The maximum Gasteiger partial charge on any atom is 0.251 e. The average Bonchev–Trinajstić information content (AvgIpc) is 3.10. The zero-order valence-electron chi connectivity index (χ0n) is 13.6. The first-order valence-corrected chi connectivity index (χ1v) is 9.34. The Bertz CT molecular complexity index is 902. The summed E-state index contributed by atoms with van der Waals surface area (Å²) in [5.74, 6) is -0.221. The largest absolute Gasteiger partial charge is 0.361 e. The van der Waals surface area contributed by atoms with Gasteiger partial charge in [0, 0.05) is 31.0 Å². The van der Waals surface area contributed by atoms with Crippen LogP contribution in [0.5, 0.6) is 0 Å². The summed E-state index contributed by atoms with van der Waals surface area (Å²) in [5, 5.41) is 6.59. The number of aryl methyl sites for hydroxylation is 1. The summed E-state index contributed by atoms with van der Waals surface area (Å²) in [7, 11) is -3.60. The lowest BCUT2D eigenvalue weighted by molar-refractivity contribution is -0.116. The molecule has 1 aromatic heterocycles. The maximum atomic E-state index is 12.1. The van der Waals surface area contributed by atoms with Crippen LogP contribution in [0.1, 0.15) is 28.2 Å². The van der Waals surface area contributed by atoms with Gasteiger partial charge in [0.05, 0.1) is 17.1 Å². The highest BCUT2D eigenvalue weighted by atomic mass is 32.2. The van der Waals surface area contributed by atoms with Gasteiger partial charge in [-0.1, -0.05) is 5.16 Å². The number of nitrogens with one attached hydrogen (secondary N) is 1. The van der Waals surface area contributed by atoms with E-state index in [2.05, 4.69) is 10.5 Å². The molecule has 1 aliphatic heterocycles. The van der Waals surface area contributed by atoms with E-state index in [9.17, 15) is 18.0 Å². The highest BCUT2D eigenvalue weighted by Crippen LogP contribution is 2.25. The molecule has 1 fully saturated rings. The van der Waals surface area contributed by atoms with Crippen LogP contribution in [-0.2, 0) is 21.2 Å². The normalized spacial score (nSPS) is 16.2. The van der Waals surface area contributed by atoms with Gasteiger partial charge in [-0.15, -0.1) is 0 Å². The summed E-state index contributed by atoms with van der Waals surface area (Å²) < 4.78 is 29.5. The molecule has 0 unspecified atom stereocenters. The molecule has 9 heteroatoms. The van der Waals surface area contributed by atoms with Gasteiger partial charge < -0.3 is 9.84 Å². The Morgan fingerprint density at radius 2 is 2.04 bits per heavy atom. The van der Waals surface area contributed by atoms with Crippen LogP contribution in [0.2, 0.25) is 0 Å². The lowest BCUT2D eigenvalue weighted by atomic mass is 10.2. The molecule has 0 aliphatic carbocycles. The van der Waals surface area contributed by atoms with E-state index in [-0.39, 0.29) is 23.8 Å². The van der Waals surface area contributed by atoms with E-state index in [1.54, 1.807) is 13.0 Å². The van der Waals surface area contributed by atoms with Crippen LogP contribution in [-0.4, -0.2) is 37.7 Å². The molecule has 1 N–H and O–H groups in total. The number of sulfonamides is 1. The number of anilines is 1. The van der Waals surface area contributed by atoms with Gasteiger partial charge in [-0.05, 0) is 31.2 Å². The molecule has 132 valence electrons. The summed E-state index contributed by atoms with van der Waals surface area (Å²) in [6.07, 6.45) is 0.522. The van der Waals surface area contributed by atoms with Crippen molar-refractivity contribution in [2.75, 3.05) is 16.6 Å². The number of nitrogens with zero attached hydrogens (tertiary/aromatic N) is 2. The molecule has 8 nitrogen and oxygen atoms in total. The predicted octanol–water partition coefficient (Wildman–Crippen LogP) is 1.02. The lowest BCUT2D eigenvalue weighted by Crippen LogP contribution is -2.29. The van der Waals surface area contributed by atoms with Crippen molar-refractivity contribution in [3.05, 3.63) is 47.3 Å². The number of amides is 2. The Morgan fingerprint density at radius 1 is 1.32 bits per heavy atom. The second kappa shape index (κ2) is 6.67. The molecule has 1 aliphatic rings.